The van der Waals surface area contributed by atoms with E-state index >= 15 is 0 Å². The van der Waals surface area contributed by atoms with Crippen LogP contribution in [0.1, 0.15) is 32.6 Å². The summed E-state index contributed by atoms with van der Waals surface area (Å²) in [6.07, 6.45) is 3.19. The molecule has 0 aromatic heterocycles. The summed E-state index contributed by atoms with van der Waals surface area (Å²) < 4.78 is 9.04. The van der Waals surface area contributed by atoms with Crippen molar-refractivity contribution in [3.63, 3.8) is 0 Å². The topological polar surface area (TPSA) is 93.1 Å². The van der Waals surface area contributed by atoms with Gasteiger partial charge in [-0.1, -0.05) is 6.92 Å². The molecule has 2 unspecified atom stereocenters. The molecule has 19 heavy (non-hydrogen) atoms. The van der Waals surface area contributed by atoms with Crippen LogP contribution in [-0.2, 0) is 19.1 Å². The van der Waals surface area contributed by atoms with Gasteiger partial charge in [0.2, 0.25) is 0 Å². The summed E-state index contributed by atoms with van der Waals surface area (Å²) in [5.74, 6) is -1.36. The zero-order valence-electron chi connectivity index (χ0n) is 11.4. The predicted octanol–water partition coefficient (Wildman–Crippen LogP) is 0.561. The molecular weight excluding hydrogens is 252 g/mol. The minimum absolute atomic E-state index is 0.132. The lowest BCUT2D eigenvalue weighted by molar-refractivity contribution is -0.141. The molecule has 0 aliphatic heterocycles. The average Bonchev–Trinajstić information content (AvgIpc) is 2.41. The van der Waals surface area contributed by atoms with Gasteiger partial charge in [-0.2, -0.15) is 0 Å². The lowest BCUT2D eigenvalue weighted by atomic mass is 10.1. The van der Waals surface area contributed by atoms with Crippen molar-refractivity contribution in [3.8, 4) is 0 Å². The third-order valence-corrected chi connectivity index (χ3v) is 2.52. The summed E-state index contributed by atoms with van der Waals surface area (Å²) in [6.45, 7) is 1.75. The zero-order chi connectivity index (χ0) is 14.7. The molecule has 0 aliphatic rings. The molecule has 0 aliphatic carbocycles. The number of aliphatic hydroxyl groups is 2. The number of carbonyl (C=O) groups is 2. The number of aliphatic hydroxyl groups excluding tert-OH is 2. The van der Waals surface area contributed by atoms with Crippen molar-refractivity contribution in [2.45, 2.75) is 44.8 Å². The minimum Gasteiger partial charge on any atom is -0.466 e. The van der Waals surface area contributed by atoms with E-state index in [1.807, 2.05) is 6.92 Å². The summed E-state index contributed by atoms with van der Waals surface area (Å²) in [6, 6.07) is 0. The number of methoxy groups -OCH3 is 1. The monoisotopic (exact) mass is 274 g/mol. The number of carbonyl (C=O) groups excluding carboxylic acids is 2. The molecule has 110 valence electrons. The van der Waals surface area contributed by atoms with Crippen molar-refractivity contribution in [2.24, 2.45) is 0 Å². The van der Waals surface area contributed by atoms with Crippen LogP contribution in [0.25, 0.3) is 0 Å². The van der Waals surface area contributed by atoms with Crippen molar-refractivity contribution in [1.82, 2.24) is 0 Å². The summed E-state index contributed by atoms with van der Waals surface area (Å²) in [5, 5.41) is 18.8. The van der Waals surface area contributed by atoms with Crippen LogP contribution in [0.3, 0.4) is 0 Å². The van der Waals surface area contributed by atoms with Crippen LogP contribution in [0.2, 0.25) is 0 Å². The number of esters is 2. The van der Waals surface area contributed by atoms with E-state index in [0.717, 1.165) is 12.2 Å². The van der Waals surface area contributed by atoms with Gasteiger partial charge in [0.1, 0.15) is 6.61 Å². The van der Waals surface area contributed by atoms with E-state index in [4.69, 9.17) is 4.74 Å². The van der Waals surface area contributed by atoms with Crippen LogP contribution in [0.15, 0.2) is 12.2 Å². The Bertz CT molecular complexity index is 300. The predicted molar refractivity (Wildman–Crippen MR) is 68.3 cm³/mol. The van der Waals surface area contributed by atoms with Crippen molar-refractivity contribution < 1.29 is 29.3 Å². The molecule has 0 saturated carbocycles. The standard InChI is InChI=1S/C13H22O6/c1-3-10(14)5-4-6-11(15)9-19-13(17)8-7-12(16)18-2/h7-8,10-11,14-15H,3-6,9H2,1-2H3/b8-7+. The summed E-state index contributed by atoms with van der Waals surface area (Å²) in [4.78, 5) is 21.8. The fourth-order valence-corrected chi connectivity index (χ4v) is 1.31. The maximum Gasteiger partial charge on any atom is 0.331 e. The van der Waals surface area contributed by atoms with Gasteiger partial charge in [-0.05, 0) is 25.7 Å². The molecule has 0 aromatic rings. The van der Waals surface area contributed by atoms with E-state index in [9.17, 15) is 19.8 Å². The minimum atomic E-state index is -0.764. The Morgan fingerprint density at radius 1 is 1.11 bits per heavy atom. The Morgan fingerprint density at radius 3 is 2.26 bits per heavy atom. The normalized spacial score (nSPS) is 14.1. The number of hydrogen-bond donors (Lipinski definition) is 2. The third-order valence-electron chi connectivity index (χ3n) is 2.52. The van der Waals surface area contributed by atoms with Crippen molar-refractivity contribution in [3.05, 3.63) is 12.2 Å². The lowest BCUT2D eigenvalue weighted by Gasteiger charge is -2.11. The molecule has 6 heteroatoms. The second kappa shape index (κ2) is 10.5. The van der Waals surface area contributed by atoms with Gasteiger partial charge in [0.05, 0.1) is 19.3 Å². The van der Waals surface area contributed by atoms with Crippen LogP contribution >= 0.6 is 0 Å². The second-order valence-corrected chi connectivity index (χ2v) is 4.13. The molecular formula is C13H22O6. The number of rotatable bonds is 9. The number of hydrogen-bond acceptors (Lipinski definition) is 6. The fraction of sp³-hybridized carbons (Fsp3) is 0.692. The molecule has 0 radical (unpaired) electrons. The Labute approximate surface area is 113 Å². The fourth-order valence-electron chi connectivity index (χ4n) is 1.31. The van der Waals surface area contributed by atoms with E-state index in [1.54, 1.807) is 0 Å². The van der Waals surface area contributed by atoms with E-state index in [0.29, 0.717) is 25.7 Å². The largest absolute Gasteiger partial charge is 0.466 e. The van der Waals surface area contributed by atoms with Gasteiger partial charge in [-0.25, -0.2) is 9.59 Å². The molecule has 0 amide bonds. The van der Waals surface area contributed by atoms with Gasteiger partial charge < -0.3 is 19.7 Å². The highest BCUT2D eigenvalue weighted by Crippen LogP contribution is 2.07. The summed E-state index contributed by atoms with van der Waals surface area (Å²) >= 11 is 0. The quantitative estimate of drug-likeness (QED) is 0.471. The van der Waals surface area contributed by atoms with E-state index in [1.165, 1.54) is 7.11 Å². The van der Waals surface area contributed by atoms with E-state index in [-0.39, 0.29) is 12.7 Å². The molecule has 0 aromatic carbocycles. The van der Waals surface area contributed by atoms with Crippen LogP contribution in [0.4, 0.5) is 0 Å². The van der Waals surface area contributed by atoms with Gasteiger partial charge in [-0.15, -0.1) is 0 Å². The molecule has 0 spiro atoms. The molecule has 2 atom stereocenters. The Morgan fingerprint density at radius 2 is 1.68 bits per heavy atom. The molecule has 0 fully saturated rings. The van der Waals surface area contributed by atoms with E-state index < -0.39 is 18.0 Å². The maximum absolute atomic E-state index is 11.1. The second-order valence-electron chi connectivity index (χ2n) is 4.13. The van der Waals surface area contributed by atoms with Crippen molar-refractivity contribution in [1.29, 1.82) is 0 Å². The van der Waals surface area contributed by atoms with Gasteiger partial charge in [0, 0.05) is 12.2 Å². The zero-order valence-corrected chi connectivity index (χ0v) is 11.4. The van der Waals surface area contributed by atoms with Crippen LogP contribution in [-0.4, -0.2) is 48.1 Å². The highest BCUT2D eigenvalue weighted by Gasteiger charge is 2.09. The molecule has 6 nitrogen and oxygen atoms in total. The first-order chi connectivity index (χ1) is 8.99. The first-order valence-corrected chi connectivity index (χ1v) is 6.28. The van der Waals surface area contributed by atoms with Crippen LogP contribution in [0.5, 0.6) is 0 Å². The number of ether oxygens (including phenoxy) is 2. The Kier molecular flexibility index (Phi) is 9.74. The van der Waals surface area contributed by atoms with Crippen LogP contribution < -0.4 is 0 Å². The Balaban J connectivity index is 3.72. The summed E-state index contributed by atoms with van der Waals surface area (Å²) in [5.41, 5.74) is 0. The van der Waals surface area contributed by atoms with Gasteiger partial charge in [-0.3, -0.25) is 0 Å². The average molecular weight is 274 g/mol. The highest BCUT2D eigenvalue weighted by molar-refractivity contribution is 5.91. The molecule has 0 heterocycles. The van der Waals surface area contributed by atoms with Crippen LogP contribution in [0, 0.1) is 0 Å². The molecule has 0 saturated heterocycles. The molecule has 0 bridgehead atoms. The smallest absolute Gasteiger partial charge is 0.331 e. The van der Waals surface area contributed by atoms with Gasteiger partial charge >= 0.3 is 11.9 Å². The first kappa shape index (κ1) is 17.6. The maximum atomic E-state index is 11.1. The lowest BCUT2D eigenvalue weighted by Crippen LogP contribution is -2.18. The molecule has 2 N–H and O–H groups in total. The third kappa shape index (κ3) is 10.2. The first-order valence-electron chi connectivity index (χ1n) is 6.28. The van der Waals surface area contributed by atoms with Crippen molar-refractivity contribution >= 4 is 11.9 Å². The van der Waals surface area contributed by atoms with E-state index in [2.05, 4.69) is 4.74 Å². The molecule has 0 rings (SSSR count). The van der Waals surface area contributed by atoms with Crippen molar-refractivity contribution in [2.75, 3.05) is 13.7 Å². The highest BCUT2D eigenvalue weighted by atomic mass is 16.5. The van der Waals surface area contributed by atoms with Gasteiger partial charge in [0.15, 0.2) is 0 Å². The van der Waals surface area contributed by atoms with Gasteiger partial charge in [0.25, 0.3) is 0 Å². The Hall–Kier alpha value is -1.40. The SMILES string of the molecule is CCC(O)CCCC(O)COC(=O)/C=C/C(=O)OC. The summed E-state index contributed by atoms with van der Waals surface area (Å²) in [7, 11) is 1.20.